The van der Waals surface area contributed by atoms with Gasteiger partial charge in [0, 0.05) is 5.56 Å². The van der Waals surface area contributed by atoms with Crippen LogP contribution in [-0.2, 0) is 0 Å². The SMILES string of the molecule is CCCC(C)c1cc(O)ccc1OC. The molecule has 1 rings (SSSR count). The van der Waals surface area contributed by atoms with Gasteiger partial charge in [-0.25, -0.2) is 0 Å². The van der Waals surface area contributed by atoms with E-state index in [1.165, 1.54) is 0 Å². The fraction of sp³-hybridized carbons (Fsp3) is 0.500. The van der Waals surface area contributed by atoms with Crippen molar-refractivity contribution < 1.29 is 9.84 Å². The molecule has 1 N–H and O–H groups in total. The van der Waals surface area contributed by atoms with Gasteiger partial charge in [-0.3, -0.25) is 0 Å². The predicted molar refractivity (Wildman–Crippen MR) is 58.0 cm³/mol. The second-order valence-corrected chi connectivity index (χ2v) is 3.62. The zero-order valence-corrected chi connectivity index (χ0v) is 9.08. The summed E-state index contributed by atoms with van der Waals surface area (Å²) in [6, 6.07) is 5.26. The molecule has 0 fully saturated rings. The third kappa shape index (κ3) is 2.41. The molecule has 2 nitrogen and oxygen atoms in total. The highest BCUT2D eigenvalue weighted by Gasteiger charge is 2.11. The Morgan fingerprint density at radius 1 is 1.43 bits per heavy atom. The second kappa shape index (κ2) is 4.89. The van der Waals surface area contributed by atoms with Gasteiger partial charge in [-0.05, 0) is 30.5 Å². The number of ether oxygens (including phenoxy) is 1. The molecule has 0 aliphatic carbocycles. The van der Waals surface area contributed by atoms with Crippen LogP contribution in [0.4, 0.5) is 0 Å². The summed E-state index contributed by atoms with van der Waals surface area (Å²) in [7, 11) is 1.66. The van der Waals surface area contributed by atoms with Crippen LogP contribution in [0.2, 0.25) is 0 Å². The first-order valence-electron chi connectivity index (χ1n) is 5.06. The lowest BCUT2D eigenvalue weighted by Gasteiger charge is -2.14. The highest BCUT2D eigenvalue weighted by molar-refractivity contribution is 5.41. The van der Waals surface area contributed by atoms with E-state index in [9.17, 15) is 5.11 Å². The van der Waals surface area contributed by atoms with Crippen LogP contribution in [0.1, 0.15) is 38.2 Å². The molecule has 0 radical (unpaired) electrons. The summed E-state index contributed by atoms with van der Waals surface area (Å²) >= 11 is 0. The number of hydrogen-bond acceptors (Lipinski definition) is 2. The zero-order chi connectivity index (χ0) is 10.6. The molecule has 1 atom stereocenters. The van der Waals surface area contributed by atoms with Gasteiger partial charge in [0.15, 0.2) is 0 Å². The van der Waals surface area contributed by atoms with Crippen LogP contribution in [0.25, 0.3) is 0 Å². The first-order valence-corrected chi connectivity index (χ1v) is 5.06. The van der Waals surface area contributed by atoms with Crippen molar-refractivity contribution in [2.75, 3.05) is 7.11 Å². The monoisotopic (exact) mass is 194 g/mol. The van der Waals surface area contributed by atoms with E-state index < -0.39 is 0 Å². The van der Waals surface area contributed by atoms with Crippen LogP contribution >= 0.6 is 0 Å². The lowest BCUT2D eigenvalue weighted by molar-refractivity contribution is 0.402. The molecule has 1 aromatic carbocycles. The van der Waals surface area contributed by atoms with Crippen molar-refractivity contribution in [3.63, 3.8) is 0 Å². The van der Waals surface area contributed by atoms with Crippen molar-refractivity contribution in [3.05, 3.63) is 23.8 Å². The van der Waals surface area contributed by atoms with Crippen molar-refractivity contribution in [2.45, 2.75) is 32.6 Å². The van der Waals surface area contributed by atoms with Crippen LogP contribution < -0.4 is 4.74 Å². The van der Waals surface area contributed by atoms with Gasteiger partial charge in [-0.2, -0.15) is 0 Å². The van der Waals surface area contributed by atoms with Gasteiger partial charge in [-0.15, -0.1) is 0 Å². The van der Waals surface area contributed by atoms with Crippen LogP contribution in [-0.4, -0.2) is 12.2 Å². The molecule has 0 spiro atoms. The fourth-order valence-corrected chi connectivity index (χ4v) is 1.70. The molecule has 0 aromatic heterocycles. The summed E-state index contributed by atoms with van der Waals surface area (Å²) in [4.78, 5) is 0. The summed E-state index contributed by atoms with van der Waals surface area (Å²) < 4.78 is 5.26. The van der Waals surface area contributed by atoms with E-state index in [0.29, 0.717) is 11.7 Å². The number of benzene rings is 1. The highest BCUT2D eigenvalue weighted by atomic mass is 16.5. The number of phenolic OH excluding ortho intramolecular Hbond substituents is 1. The van der Waals surface area contributed by atoms with Crippen LogP contribution in [0.15, 0.2) is 18.2 Å². The molecule has 0 saturated carbocycles. The Hall–Kier alpha value is -1.18. The van der Waals surface area contributed by atoms with Gasteiger partial charge >= 0.3 is 0 Å². The minimum atomic E-state index is 0.309. The number of methoxy groups -OCH3 is 1. The topological polar surface area (TPSA) is 29.5 Å². The number of hydrogen-bond donors (Lipinski definition) is 1. The van der Waals surface area contributed by atoms with E-state index in [1.54, 1.807) is 19.2 Å². The summed E-state index contributed by atoms with van der Waals surface area (Å²) in [6.45, 7) is 4.31. The Bertz CT molecular complexity index is 294. The average molecular weight is 194 g/mol. The van der Waals surface area contributed by atoms with E-state index in [4.69, 9.17) is 4.74 Å². The van der Waals surface area contributed by atoms with E-state index in [-0.39, 0.29) is 0 Å². The highest BCUT2D eigenvalue weighted by Crippen LogP contribution is 2.32. The quantitative estimate of drug-likeness (QED) is 0.796. The standard InChI is InChI=1S/C12H18O2/c1-4-5-9(2)11-8-10(13)6-7-12(11)14-3/h6-9,13H,4-5H2,1-3H3. The van der Waals surface area contributed by atoms with Gasteiger partial charge < -0.3 is 9.84 Å². The molecule has 0 aliphatic rings. The summed E-state index contributed by atoms with van der Waals surface area (Å²) in [5.41, 5.74) is 1.09. The van der Waals surface area contributed by atoms with E-state index in [0.717, 1.165) is 24.2 Å². The molecule has 0 amide bonds. The summed E-state index contributed by atoms with van der Waals surface area (Å²) in [6.07, 6.45) is 2.25. The van der Waals surface area contributed by atoms with Crippen molar-refractivity contribution in [1.29, 1.82) is 0 Å². The predicted octanol–water partition coefficient (Wildman–Crippen LogP) is 3.30. The molecule has 0 heterocycles. The minimum absolute atomic E-state index is 0.309. The van der Waals surface area contributed by atoms with Crippen molar-refractivity contribution in [3.8, 4) is 11.5 Å². The van der Waals surface area contributed by atoms with Crippen molar-refractivity contribution in [2.24, 2.45) is 0 Å². The minimum Gasteiger partial charge on any atom is -0.508 e. The second-order valence-electron chi connectivity index (χ2n) is 3.62. The van der Waals surface area contributed by atoms with Crippen molar-refractivity contribution >= 4 is 0 Å². The summed E-state index contributed by atoms with van der Waals surface area (Å²) in [5, 5.41) is 9.39. The van der Waals surface area contributed by atoms with Crippen molar-refractivity contribution in [1.82, 2.24) is 0 Å². The lowest BCUT2D eigenvalue weighted by atomic mass is 9.95. The Morgan fingerprint density at radius 2 is 2.14 bits per heavy atom. The Balaban J connectivity index is 2.97. The van der Waals surface area contributed by atoms with Crippen LogP contribution in [0.3, 0.4) is 0 Å². The van der Waals surface area contributed by atoms with Gasteiger partial charge in [0.2, 0.25) is 0 Å². The smallest absolute Gasteiger partial charge is 0.122 e. The molecule has 0 saturated heterocycles. The van der Waals surface area contributed by atoms with E-state index >= 15 is 0 Å². The van der Waals surface area contributed by atoms with E-state index in [2.05, 4.69) is 13.8 Å². The number of phenols is 1. The fourth-order valence-electron chi connectivity index (χ4n) is 1.70. The van der Waals surface area contributed by atoms with Gasteiger partial charge in [0.1, 0.15) is 11.5 Å². The molecular formula is C12H18O2. The molecule has 78 valence electrons. The van der Waals surface area contributed by atoms with Gasteiger partial charge in [0.25, 0.3) is 0 Å². The Labute approximate surface area is 85.5 Å². The van der Waals surface area contributed by atoms with Gasteiger partial charge in [0.05, 0.1) is 7.11 Å². The maximum Gasteiger partial charge on any atom is 0.122 e. The molecule has 14 heavy (non-hydrogen) atoms. The largest absolute Gasteiger partial charge is 0.508 e. The lowest BCUT2D eigenvalue weighted by Crippen LogP contribution is -1.97. The Kier molecular flexibility index (Phi) is 3.81. The van der Waals surface area contributed by atoms with Crippen LogP contribution in [0, 0.1) is 0 Å². The number of rotatable bonds is 4. The van der Waals surface area contributed by atoms with Crippen LogP contribution in [0.5, 0.6) is 11.5 Å². The average Bonchev–Trinajstić information content (AvgIpc) is 2.18. The molecule has 1 unspecified atom stereocenters. The molecule has 0 aliphatic heterocycles. The molecule has 0 bridgehead atoms. The molecule has 2 heteroatoms. The zero-order valence-electron chi connectivity index (χ0n) is 9.08. The first kappa shape index (κ1) is 10.9. The van der Waals surface area contributed by atoms with Gasteiger partial charge in [-0.1, -0.05) is 20.3 Å². The maximum atomic E-state index is 9.39. The third-order valence-electron chi connectivity index (χ3n) is 2.47. The normalized spacial score (nSPS) is 12.5. The first-order chi connectivity index (χ1) is 6.69. The third-order valence-corrected chi connectivity index (χ3v) is 2.47. The Morgan fingerprint density at radius 3 is 2.71 bits per heavy atom. The molecule has 1 aromatic rings. The summed E-state index contributed by atoms with van der Waals surface area (Å²) in [5.74, 6) is 1.61. The molecular weight excluding hydrogens is 176 g/mol. The number of aromatic hydroxyl groups is 1. The van der Waals surface area contributed by atoms with E-state index in [1.807, 2.05) is 6.07 Å². The maximum absolute atomic E-state index is 9.39.